The topological polar surface area (TPSA) is 37.0 Å². The second-order valence-electron chi connectivity index (χ2n) is 4.62. The summed E-state index contributed by atoms with van der Waals surface area (Å²) < 4.78 is 0. The highest BCUT2D eigenvalue weighted by Crippen LogP contribution is 2.35. The van der Waals surface area contributed by atoms with E-state index in [0.29, 0.717) is 27.7 Å². The molecular weight excluding hydrogens is 257 g/mol. The molecule has 1 aliphatic rings. The van der Waals surface area contributed by atoms with E-state index in [1.54, 1.807) is 13.1 Å². The van der Waals surface area contributed by atoms with Crippen LogP contribution in [-0.4, -0.2) is 18.1 Å². The Morgan fingerprint density at radius 3 is 2.59 bits per heavy atom. The molecule has 1 fully saturated rings. The molecule has 0 spiro atoms. The molecule has 1 atom stereocenters. The first-order valence-electron chi connectivity index (χ1n) is 5.90. The van der Waals surface area contributed by atoms with Crippen LogP contribution in [0.5, 0.6) is 0 Å². The number of halogens is 2. The maximum Gasteiger partial charge on any atom is 0.147 e. The number of pyridine rings is 1. The Kier molecular flexibility index (Phi) is 4.00. The third-order valence-electron chi connectivity index (χ3n) is 2.93. The van der Waals surface area contributed by atoms with Gasteiger partial charge in [-0.25, -0.2) is 4.98 Å². The lowest BCUT2D eigenvalue weighted by Gasteiger charge is -2.16. The van der Waals surface area contributed by atoms with E-state index < -0.39 is 0 Å². The first-order valence-corrected chi connectivity index (χ1v) is 6.66. The Bertz CT molecular complexity index is 405. The van der Waals surface area contributed by atoms with Crippen LogP contribution < -0.4 is 10.6 Å². The van der Waals surface area contributed by atoms with Gasteiger partial charge in [0.05, 0.1) is 10.0 Å². The summed E-state index contributed by atoms with van der Waals surface area (Å²) in [5.41, 5.74) is 0. The van der Waals surface area contributed by atoms with Gasteiger partial charge in [-0.2, -0.15) is 0 Å². The monoisotopic (exact) mass is 273 g/mol. The van der Waals surface area contributed by atoms with E-state index in [9.17, 15) is 0 Å². The predicted octanol–water partition coefficient (Wildman–Crippen LogP) is 4.03. The van der Waals surface area contributed by atoms with Crippen LogP contribution in [0.15, 0.2) is 6.07 Å². The van der Waals surface area contributed by atoms with Gasteiger partial charge >= 0.3 is 0 Å². The summed E-state index contributed by atoms with van der Waals surface area (Å²) in [5.74, 6) is 2.23. The molecule has 1 aromatic heterocycles. The van der Waals surface area contributed by atoms with Gasteiger partial charge in [-0.05, 0) is 25.3 Å². The van der Waals surface area contributed by atoms with Crippen molar-refractivity contribution in [1.29, 1.82) is 0 Å². The summed E-state index contributed by atoms with van der Waals surface area (Å²) in [6.45, 7) is 2.16. The third kappa shape index (κ3) is 3.39. The molecule has 1 saturated carbocycles. The zero-order chi connectivity index (χ0) is 12.4. The molecule has 5 heteroatoms. The van der Waals surface area contributed by atoms with Crippen LogP contribution in [0.3, 0.4) is 0 Å². The van der Waals surface area contributed by atoms with Crippen molar-refractivity contribution in [1.82, 2.24) is 4.98 Å². The van der Waals surface area contributed by atoms with Gasteiger partial charge < -0.3 is 10.6 Å². The second kappa shape index (κ2) is 5.32. The van der Waals surface area contributed by atoms with Crippen molar-refractivity contribution >= 4 is 34.8 Å². The summed E-state index contributed by atoms with van der Waals surface area (Å²) in [7, 11) is 1.79. The average Bonchev–Trinajstić information content (AvgIpc) is 3.06. The van der Waals surface area contributed by atoms with Crippen LogP contribution in [-0.2, 0) is 0 Å². The number of aromatic nitrogens is 1. The van der Waals surface area contributed by atoms with Gasteiger partial charge in [0.25, 0.3) is 0 Å². The number of hydrogen-bond acceptors (Lipinski definition) is 3. The normalized spacial score (nSPS) is 16.7. The van der Waals surface area contributed by atoms with Gasteiger partial charge in [0.15, 0.2) is 0 Å². The molecule has 1 heterocycles. The van der Waals surface area contributed by atoms with Crippen molar-refractivity contribution in [2.45, 2.75) is 32.2 Å². The number of nitrogens with zero attached hydrogens (tertiary/aromatic N) is 1. The smallest absolute Gasteiger partial charge is 0.147 e. The molecule has 2 rings (SSSR count). The largest absolute Gasteiger partial charge is 0.372 e. The van der Waals surface area contributed by atoms with Gasteiger partial charge in [0.1, 0.15) is 11.6 Å². The van der Waals surface area contributed by atoms with E-state index in [4.69, 9.17) is 23.2 Å². The highest BCUT2D eigenvalue weighted by atomic mass is 35.5. The zero-order valence-electron chi connectivity index (χ0n) is 10.1. The quantitative estimate of drug-likeness (QED) is 0.851. The molecule has 0 aliphatic heterocycles. The van der Waals surface area contributed by atoms with Crippen LogP contribution in [0.1, 0.15) is 26.2 Å². The minimum Gasteiger partial charge on any atom is -0.372 e. The Morgan fingerprint density at radius 1 is 1.35 bits per heavy atom. The van der Waals surface area contributed by atoms with E-state index in [0.717, 1.165) is 5.92 Å². The Labute approximate surface area is 112 Å². The molecule has 0 radical (unpaired) electrons. The van der Waals surface area contributed by atoms with E-state index >= 15 is 0 Å². The van der Waals surface area contributed by atoms with Crippen molar-refractivity contribution in [2.75, 3.05) is 17.7 Å². The molecule has 2 N–H and O–H groups in total. The lowest BCUT2D eigenvalue weighted by molar-refractivity contribution is 0.640. The van der Waals surface area contributed by atoms with E-state index in [-0.39, 0.29) is 0 Å². The summed E-state index contributed by atoms with van der Waals surface area (Å²) >= 11 is 12.1. The SMILES string of the molecule is CNc1nc(NC(C)CC2CC2)c(Cl)cc1Cl. The van der Waals surface area contributed by atoms with Crippen molar-refractivity contribution in [2.24, 2.45) is 5.92 Å². The van der Waals surface area contributed by atoms with Crippen molar-refractivity contribution in [3.8, 4) is 0 Å². The van der Waals surface area contributed by atoms with Crippen molar-refractivity contribution < 1.29 is 0 Å². The molecule has 0 bridgehead atoms. The second-order valence-corrected chi connectivity index (χ2v) is 5.44. The first-order chi connectivity index (χ1) is 8.10. The summed E-state index contributed by atoms with van der Waals surface area (Å²) in [6.07, 6.45) is 3.89. The van der Waals surface area contributed by atoms with Gasteiger partial charge in [0.2, 0.25) is 0 Å². The minimum atomic E-state index is 0.387. The maximum atomic E-state index is 6.12. The fourth-order valence-electron chi connectivity index (χ4n) is 1.89. The fraction of sp³-hybridized carbons (Fsp3) is 0.583. The van der Waals surface area contributed by atoms with Gasteiger partial charge in [-0.1, -0.05) is 36.0 Å². The van der Waals surface area contributed by atoms with E-state index in [1.807, 2.05) is 0 Å². The number of rotatable bonds is 5. The van der Waals surface area contributed by atoms with Gasteiger partial charge in [-0.3, -0.25) is 0 Å². The summed E-state index contributed by atoms with van der Waals surface area (Å²) in [4.78, 5) is 4.37. The van der Waals surface area contributed by atoms with Crippen LogP contribution in [0.2, 0.25) is 10.0 Å². The Morgan fingerprint density at radius 2 is 2.00 bits per heavy atom. The molecule has 94 valence electrons. The van der Waals surface area contributed by atoms with Crippen LogP contribution in [0, 0.1) is 5.92 Å². The Balaban J connectivity index is 2.07. The molecule has 0 saturated heterocycles. The minimum absolute atomic E-state index is 0.387. The standard InChI is InChI=1S/C12H17Cl2N3/c1-7(5-8-3-4-8)16-12-10(14)6-9(13)11(15-2)17-12/h6-8H,3-5H2,1-2H3,(H2,15,16,17). The number of nitrogens with one attached hydrogen (secondary N) is 2. The third-order valence-corrected chi connectivity index (χ3v) is 3.51. The van der Waals surface area contributed by atoms with Crippen molar-refractivity contribution in [3.63, 3.8) is 0 Å². The molecule has 17 heavy (non-hydrogen) atoms. The zero-order valence-corrected chi connectivity index (χ0v) is 11.6. The highest BCUT2D eigenvalue weighted by molar-refractivity contribution is 6.37. The van der Waals surface area contributed by atoms with Gasteiger partial charge in [-0.15, -0.1) is 0 Å². The number of anilines is 2. The van der Waals surface area contributed by atoms with Crippen LogP contribution >= 0.6 is 23.2 Å². The lowest BCUT2D eigenvalue weighted by Crippen LogP contribution is -2.17. The van der Waals surface area contributed by atoms with Crippen molar-refractivity contribution in [3.05, 3.63) is 16.1 Å². The number of hydrogen-bond donors (Lipinski definition) is 2. The molecule has 1 unspecified atom stereocenters. The molecule has 0 amide bonds. The van der Waals surface area contributed by atoms with Gasteiger partial charge in [0, 0.05) is 13.1 Å². The average molecular weight is 274 g/mol. The summed E-state index contributed by atoms with van der Waals surface area (Å²) in [6, 6.07) is 2.10. The maximum absolute atomic E-state index is 6.12. The lowest BCUT2D eigenvalue weighted by atomic mass is 10.1. The summed E-state index contributed by atoms with van der Waals surface area (Å²) in [5, 5.41) is 7.40. The molecule has 0 aromatic carbocycles. The first kappa shape index (κ1) is 12.8. The van der Waals surface area contributed by atoms with E-state index in [2.05, 4.69) is 22.5 Å². The predicted molar refractivity (Wildman–Crippen MR) is 74.2 cm³/mol. The van der Waals surface area contributed by atoms with Crippen LogP contribution in [0.25, 0.3) is 0 Å². The van der Waals surface area contributed by atoms with Crippen LogP contribution in [0.4, 0.5) is 11.6 Å². The fourth-order valence-corrected chi connectivity index (χ4v) is 2.40. The highest BCUT2D eigenvalue weighted by Gasteiger charge is 2.24. The molecule has 3 nitrogen and oxygen atoms in total. The molecule has 1 aromatic rings. The Hall–Kier alpha value is -0.670. The molecular formula is C12H17Cl2N3. The molecule has 1 aliphatic carbocycles. The van der Waals surface area contributed by atoms with E-state index in [1.165, 1.54) is 19.3 Å².